The van der Waals surface area contributed by atoms with Crippen LogP contribution in [0.1, 0.15) is 25.3 Å². The number of methoxy groups -OCH3 is 1. The monoisotopic (exact) mass is 674 g/mol. The zero-order valence-electron chi connectivity index (χ0n) is 25.2. The Balaban J connectivity index is 0.000000525. The third kappa shape index (κ3) is 10.1. The highest BCUT2D eigenvalue weighted by Crippen LogP contribution is 2.43. The third-order valence-electron chi connectivity index (χ3n) is 6.95. The van der Waals surface area contributed by atoms with E-state index in [0.29, 0.717) is 38.1 Å². The molecule has 1 saturated heterocycles. The van der Waals surface area contributed by atoms with Crippen LogP contribution < -0.4 is 26.0 Å². The third-order valence-corrected chi connectivity index (χ3v) is 9.66. The number of ether oxygens (including phenoxy) is 1. The van der Waals surface area contributed by atoms with Gasteiger partial charge in [0.2, 0.25) is 14.9 Å². The Kier molecular flexibility index (Phi) is 14.0. The summed E-state index contributed by atoms with van der Waals surface area (Å²) in [6.45, 7) is 4.81. The van der Waals surface area contributed by atoms with Crippen molar-refractivity contribution in [1.82, 2.24) is 20.4 Å². The highest BCUT2D eigenvalue weighted by atomic mass is 35.5. The van der Waals surface area contributed by atoms with Gasteiger partial charge in [-0.25, -0.2) is 9.76 Å². The maximum atomic E-state index is 12.5. The van der Waals surface area contributed by atoms with Crippen molar-refractivity contribution in [3.05, 3.63) is 87.7 Å². The summed E-state index contributed by atoms with van der Waals surface area (Å²) in [5.74, 6) is -0.230. The molecule has 4 rings (SSSR count). The molecule has 3 aromatic rings. The van der Waals surface area contributed by atoms with Crippen molar-refractivity contribution in [1.29, 1.82) is 5.41 Å². The number of carbonyl (C=O) groups is 3. The van der Waals surface area contributed by atoms with Gasteiger partial charge in [-0.3, -0.25) is 14.4 Å². The van der Waals surface area contributed by atoms with Crippen LogP contribution in [0, 0.1) is 12.3 Å². The smallest absolute Gasteiger partial charge is 0.322 e. The molecule has 45 heavy (non-hydrogen) atoms. The summed E-state index contributed by atoms with van der Waals surface area (Å²) >= 11 is 11.5. The van der Waals surface area contributed by atoms with Gasteiger partial charge in [0.05, 0.1) is 12.8 Å². The zero-order valence-corrected chi connectivity index (χ0v) is 27.6. The van der Waals surface area contributed by atoms with Gasteiger partial charge in [0.25, 0.3) is 5.91 Å². The Morgan fingerprint density at radius 3 is 2.29 bits per heavy atom. The van der Waals surface area contributed by atoms with Crippen LogP contribution in [0.2, 0.25) is 10.0 Å². The number of halogens is 2. The number of hydrogen-bond acceptors (Lipinski definition) is 9. The summed E-state index contributed by atoms with van der Waals surface area (Å²) in [6, 6.07) is 18.5. The van der Waals surface area contributed by atoms with Crippen LogP contribution in [0.3, 0.4) is 0 Å². The first-order chi connectivity index (χ1) is 21.6. The van der Waals surface area contributed by atoms with Gasteiger partial charge in [-0.05, 0) is 55.8 Å². The molecule has 14 heteroatoms. The topological polar surface area (TPSA) is 159 Å². The average molecular weight is 676 g/mol. The molecule has 0 spiro atoms. The minimum Gasteiger partial charge on any atom is -0.468 e. The summed E-state index contributed by atoms with van der Waals surface area (Å²) in [7, 11) is -0.0741. The van der Waals surface area contributed by atoms with E-state index in [1.807, 2.05) is 67.6 Å². The van der Waals surface area contributed by atoms with Crippen molar-refractivity contribution in [3.8, 4) is 5.75 Å². The van der Waals surface area contributed by atoms with Gasteiger partial charge in [0.15, 0.2) is 0 Å². The number of nitrogens with one attached hydrogen (secondary N) is 4. The van der Waals surface area contributed by atoms with E-state index in [1.54, 1.807) is 6.92 Å². The number of fused-ring (bicyclic) bond motifs is 1. The number of benzene rings is 3. The van der Waals surface area contributed by atoms with Crippen LogP contribution in [0.15, 0.2) is 72.1 Å². The molecule has 2 atom stereocenters. The molecule has 3 aromatic carbocycles. The second kappa shape index (κ2) is 17.7. The molecule has 0 bridgehead atoms. The predicted octanol–water partition coefficient (Wildman–Crippen LogP) is 5.04. The van der Waals surface area contributed by atoms with Crippen molar-refractivity contribution < 1.29 is 23.6 Å². The number of nitrogens with two attached hydrogens (primary N) is 1. The fourth-order valence-electron chi connectivity index (χ4n) is 4.35. The number of rotatable bonds is 11. The number of allylic oxidation sites excluding steroid dienone is 1. The first kappa shape index (κ1) is 35.7. The minimum atomic E-state index is -1.42. The van der Waals surface area contributed by atoms with Crippen molar-refractivity contribution in [2.45, 2.75) is 38.8 Å². The molecule has 2 amide bonds. The van der Waals surface area contributed by atoms with Crippen LogP contribution in [-0.2, 0) is 19.1 Å². The molecule has 1 aliphatic heterocycles. The number of piperidine rings is 1. The Labute approximate surface area is 273 Å². The number of amides is 2. The van der Waals surface area contributed by atoms with Crippen LogP contribution in [0.4, 0.5) is 0 Å². The first-order valence-corrected chi connectivity index (χ1v) is 16.0. The lowest BCUT2D eigenvalue weighted by atomic mass is 10.1. The van der Waals surface area contributed by atoms with E-state index in [2.05, 4.69) is 20.4 Å². The fourth-order valence-corrected chi connectivity index (χ4v) is 6.45. The number of esters is 1. The summed E-state index contributed by atoms with van der Waals surface area (Å²) in [5.41, 5.74) is 6.45. The van der Waals surface area contributed by atoms with E-state index >= 15 is 0 Å². The summed E-state index contributed by atoms with van der Waals surface area (Å²) < 4.78 is 13.4. The molecule has 6 N–H and O–H groups in total. The van der Waals surface area contributed by atoms with Gasteiger partial charge in [0.1, 0.15) is 17.5 Å². The molecule has 11 nitrogen and oxygen atoms in total. The maximum absolute atomic E-state index is 12.5. The van der Waals surface area contributed by atoms with Gasteiger partial charge in [0, 0.05) is 40.8 Å². The molecule has 0 saturated carbocycles. The Morgan fingerprint density at radius 2 is 1.69 bits per heavy atom. The van der Waals surface area contributed by atoms with Crippen molar-refractivity contribution in [2.24, 2.45) is 5.73 Å². The highest BCUT2D eigenvalue weighted by Gasteiger charge is 2.31. The molecule has 240 valence electrons. The van der Waals surface area contributed by atoms with Gasteiger partial charge in [-0.15, -0.1) is 0 Å². The quantitative estimate of drug-likeness (QED) is 0.0622. The van der Waals surface area contributed by atoms with E-state index in [4.69, 9.17) is 43.6 Å². The van der Waals surface area contributed by atoms with E-state index in [0.717, 1.165) is 32.6 Å². The molecular formula is C31H37Cl2N6O5P. The second-order valence-corrected chi connectivity index (χ2v) is 12.4. The maximum Gasteiger partial charge on any atom is 0.322 e. The molecule has 1 fully saturated rings. The minimum absolute atomic E-state index is 0.0621. The zero-order chi connectivity index (χ0) is 32.9. The van der Waals surface area contributed by atoms with Gasteiger partial charge >= 0.3 is 5.97 Å². The van der Waals surface area contributed by atoms with Crippen LogP contribution in [0.5, 0.6) is 5.75 Å². The standard InChI is InChI=1S/C24H31N6O5P.C7H6Cl2/c1-16(24(33)34-2)29-36(35-21-9-5-7-17-6-3-4-8-19(17)21)30-12-10-18(11-13-30)28-23(32)22(26)20(14-25)27-15-31;1-5-6(8)3-2-4-7(5)9/h3-9,14-16,18,25,29H,10-13,26H2,1-2H3,(H,27,31)(H,28,32);2-4H,1H3/b22-20+,25-14?;. The number of nitrogens with zero attached hydrogens (tertiary/aromatic N) is 1. The molecule has 0 radical (unpaired) electrons. The van der Waals surface area contributed by atoms with Crippen LogP contribution >= 0.6 is 31.7 Å². The van der Waals surface area contributed by atoms with Crippen molar-refractivity contribution in [2.75, 3.05) is 20.2 Å². The van der Waals surface area contributed by atoms with E-state index in [1.165, 1.54) is 7.11 Å². The fraction of sp³-hybridized carbons (Fsp3) is 0.290. The second-order valence-electron chi connectivity index (χ2n) is 10.00. The molecular weight excluding hydrogens is 638 g/mol. The van der Waals surface area contributed by atoms with Gasteiger partial charge in [-0.1, -0.05) is 65.7 Å². The lowest BCUT2D eigenvalue weighted by Crippen LogP contribution is -2.47. The van der Waals surface area contributed by atoms with Crippen molar-refractivity contribution >= 4 is 66.9 Å². The molecule has 1 heterocycles. The van der Waals surface area contributed by atoms with Gasteiger partial charge in [-0.2, -0.15) is 0 Å². The largest absolute Gasteiger partial charge is 0.468 e. The normalized spacial score (nSPS) is 15.4. The summed E-state index contributed by atoms with van der Waals surface area (Å²) in [5, 5.41) is 19.1. The van der Waals surface area contributed by atoms with E-state index in [9.17, 15) is 14.4 Å². The SMILES string of the molecule is COC(=O)C(C)NP(Oc1cccc2ccccc12)N1CCC(NC(=O)/C(N)=C(/C=N)NC=O)CC1.Cc1c(Cl)cccc1Cl. The number of hydrogen-bond donors (Lipinski definition) is 5. The van der Waals surface area contributed by atoms with Crippen LogP contribution in [-0.4, -0.2) is 61.5 Å². The molecule has 0 aromatic heterocycles. The van der Waals surface area contributed by atoms with E-state index in [-0.39, 0.29) is 23.4 Å². The first-order valence-electron chi connectivity index (χ1n) is 14.1. The Bertz CT molecular complexity index is 1510. The van der Waals surface area contributed by atoms with Crippen LogP contribution in [0.25, 0.3) is 10.8 Å². The predicted molar refractivity (Wildman–Crippen MR) is 179 cm³/mol. The lowest BCUT2D eigenvalue weighted by Gasteiger charge is -2.37. The Hall–Kier alpha value is -3.73. The summed E-state index contributed by atoms with van der Waals surface area (Å²) in [4.78, 5) is 35.2. The Morgan fingerprint density at radius 1 is 1.07 bits per heavy atom. The molecule has 0 aliphatic carbocycles. The average Bonchev–Trinajstić information content (AvgIpc) is 3.05. The van der Waals surface area contributed by atoms with Crippen molar-refractivity contribution in [3.63, 3.8) is 0 Å². The highest BCUT2D eigenvalue weighted by molar-refractivity contribution is 7.48. The number of carbonyl (C=O) groups excluding carboxylic acids is 3. The van der Waals surface area contributed by atoms with E-state index < -0.39 is 20.4 Å². The molecule has 2 unspecified atom stereocenters. The molecule has 1 aliphatic rings. The van der Waals surface area contributed by atoms with Gasteiger partial charge < -0.3 is 31.0 Å². The summed E-state index contributed by atoms with van der Waals surface area (Å²) in [6.07, 6.45) is 2.41. The lowest BCUT2D eigenvalue weighted by molar-refractivity contribution is -0.142.